The normalized spacial score (nSPS) is 11.8. The molecule has 7 nitrogen and oxygen atoms in total. The molecule has 0 atom stereocenters. The molecule has 7 heteroatoms. The summed E-state index contributed by atoms with van der Waals surface area (Å²) in [4.78, 5) is 19.7. The molecule has 6 aromatic carbocycles. The molecule has 0 saturated heterocycles. The average Bonchev–Trinajstić information content (AvgIpc) is 3.83. The Balaban J connectivity index is 1.15. The minimum absolute atomic E-state index is 0.529. The van der Waals surface area contributed by atoms with Crippen LogP contribution >= 0.6 is 0 Å². The molecule has 220 valence electrons. The highest BCUT2D eigenvalue weighted by Gasteiger charge is 2.20. The first kappa shape index (κ1) is 25.7. The maximum atomic E-state index is 6.39. The van der Waals surface area contributed by atoms with Gasteiger partial charge in [0, 0.05) is 49.9 Å². The molecule has 0 fully saturated rings. The van der Waals surface area contributed by atoms with Crippen molar-refractivity contribution in [3.05, 3.63) is 133 Å². The van der Waals surface area contributed by atoms with E-state index in [1.54, 1.807) is 0 Å². The molecule has 0 aliphatic rings. The van der Waals surface area contributed by atoms with Crippen LogP contribution in [-0.2, 0) is 0 Å². The first-order valence-corrected chi connectivity index (χ1v) is 15.3. The van der Waals surface area contributed by atoms with Crippen molar-refractivity contribution in [2.24, 2.45) is 0 Å². The maximum Gasteiger partial charge on any atom is 0.227 e. The summed E-state index contributed by atoms with van der Waals surface area (Å²) in [5, 5.41) is 3.89. The lowest BCUT2D eigenvalue weighted by Gasteiger charge is -2.09. The number of aromatic nitrogens is 4. The van der Waals surface area contributed by atoms with Crippen molar-refractivity contribution >= 4 is 55.0 Å². The van der Waals surface area contributed by atoms with E-state index in [1.807, 2.05) is 121 Å². The minimum atomic E-state index is 0.529. The summed E-state index contributed by atoms with van der Waals surface area (Å²) in [7, 11) is 0. The van der Waals surface area contributed by atoms with E-state index in [-0.39, 0.29) is 0 Å². The standard InChI is InChI=1S/C40H22N4O3/c1-3-10-23(11-4-1)37-42-38(24-12-5-2-6-13-24)44-39(43-37)27-15-9-17-33-36(27)29-21-30-35(22-34(29)46-33)47-40(41-30)25-18-19-32-28(20-25)26-14-7-8-16-31(26)45-32/h1-22H. The number of fused-ring (bicyclic) bond motifs is 7. The Hall–Kier alpha value is -6.60. The molecule has 0 unspecified atom stereocenters. The van der Waals surface area contributed by atoms with Gasteiger partial charge in [-0.15, -0.1) is 0 Å². The van der Waals surface area contributed by atoms with Crippen LogP contribution in [0.2, 0.25) is 0 Å². The molecule has 0 N–H and O–H groups in total. The van der Waals surface area contributed by atoms with Gasteiger partial charge in [0.25, 0.3) is 0 Å². The van der Waals surface area contributed by atoms with Crippen molar-refractivity contribution in [2.45, 2.75) is 0 Å². The Morgan fingerprint density at radius 2 is 1.02 bits per heavy atom. The molecule has 4 aromatic heterocycles. The van der Waals surface area contributed by atoms with Crippen LogP contribution in [0, 0.1) is 0 Å². The summed E-state index contributed by atoms with van der Waals surface area (Å²) in [6.45, 7) is 0. The molecule has 0 spiro atoms. The third-order valence-corrected chi connectivity index (χ3v) is 8.57. The summed E-state index contributed by atoms with van der Waals surface area (Å²) in [5.74, 6) is 2.30. The zero-order valence-electron chi connectivity index (χ0n) is 24.7. The van der Waals surface area contributed by atoms with Gasteiger partial charge in [-0.3, -0.25) is 0 Å². The van der Waals surface area contributed by atoms with Crippen molar-refractivity contribution < 1.29 is 13.3 Å². The molecular formula is C40H22N4O3. The van der Waals surface area contributed by atoms with E-state index in [1.165, 1.54) is 0 Å². The third-order valence-electron chi connectivity index (χ3n) is 8.57. The number of oxazole rings is 1. The Bertz CT molecular complexity index is 2740. The van der Waals surface area contributed by atoms with Crippen LogP contribution in [0.1, 0.15) is 0 Å². The van der Waals surface area contributed by atoms with Gasteiger partial charge in [0.05, 0.1) is 0 Å². The first-order valence-electron chi connectivity index (χ1n) is 15.3. The number of benzene rings is 6. The van der Waals surface area contributed by atoms with E-state index in [0.29, 0.717) is 34.5 Å². The van der Waals surface area contributed by atoms with Crippen LogP contribution in [-0.4, -0.2) is 19.9 Å². The quantitative estimate of drug-likeness (QED) is 0.197. The Morgan fingerprint density at radius 3 is 1.81 bits per heavy atom. The van der Waals surface area contributed by atoms with Gasteiger partial charge in [-0.1, -0.05) is 91.0 Å². The van der Waals surface area contributed by atoms with Gasteiger partial charge < -0.3 is 13.3 Å². The predicted octanol–water partition coefficient (Wildman–Crippen LogP) is 10.5. The predicted molar refractivity (Wildman–Crippen MR) is 184 cm³/mol. The monoisotopic (exact) mass is 606 g/mol. The lowest BCUT2D eigenvalue weighted by atomic mass is 10.0. The van der Waals surface area contributed by atoms with Gasteiger partial charge in [0.1, 0.15) is 27.8 Å². The average molecular weight is 607 g/mol. The van der Waals surface area contributed by atoms with E-state index in [4.69, 9.17) is 33.2 Å². The summed E-state index contributed by atoms with van der Waals surface area (Å²) >= 11 is 0. The highest BCUT2D eigenvalue weighted by atomic mass is 16.4. The van der Waals surface area contributed by atoms with Crippen LogP contribution in [0.25, 0.3) is 101 Å². The van der Waals surface area contributed by atoms with Gasteiger partial charge in [0.15, 0.2) is 23.1 Å². The van der Waals surface area contributed by atoms with Crippen molar-refractivity contribution in [3.8, 4) is 45.6 Å². The maximum absolute atomic E-state index is 6.39. The number of furan rings is 2. The number of rotatable bonds is 4. The molecule has 0 radical (unpaired) electrons. The van der Waals surface area contributed by atoms with Crippen molar-refractivity contribution in [1.29, 1.82) is 0 Å². The lowest BCUT2D eigenvalue weighted by Crippen LogP contribution is -2.00. The van der Waals surface area contributed by atoms with E-state index < -0.39 is 0 Å². The molecule has 4 heterocycles. The first-order chi connectivity index (χ1) is 23.2. The van der Waals surface area contributed by atoms with Crippen molar-refractivity contribution in [2.75, 3.05) is 0 Å². The summed E-state index contributed by atoms with van der Waals surface area (Å²) in [5.41, 5.74) is 8.01. The zero-order valence-corrected chi connectivity index (χ0v) is 24.7. The number of hydrogen-bond acceptors (Lipinski definition) is 7. The molecule has 47 heavy (non-hydrogen) atoms. The number of nitrogens with zero attached hydrogens (tertiary/aromatic N) is 4. The second-order valence-corrected chi connectivity index (χ2v) is 11.5. The van der Waals surface area contributed by atoms with Crippen LogP contribution in [0.3, 0.4) is 0 Å². The second kappa shape index (κ2) is 9.95. The fraction of sp³-hybridized carbons (Fsp3) is 0. The van der Waals surface area contributed by atoms with Gasteiger partial charge in [-0.2, -0.15) is 0 Å². The Labute approximate surface area is 266 Å². The van der Waals surface area contributed by atoms with Gasteiger partial charge >= 0.3 is 0 Å². The second-order valence-electron chi connectivity index (χ2n) is 11.5. The summed E-state index contributed by atoms with van der Waals surface area (Å²) < 4.78 is 18.7. The smallest absolute Gasteiger partial charge is 0.227 e. The molecule has 0 saturated carbocycles. The molecule has 0 amide bonds. The van der Waals surface area contributed by atoms with Crippen molar-refractivity contribution in [1.82, 2.24) is 19.9 Å². The summed E-state index contributed by atoms with van der Waals surface area (Å²) in [6, 6.07) is 43.8. The summed E-state index contributed by atoms with van der Waals surface area (Å²) in [6.07, 6.45) is 0. The van der Waals surface area contributed by atoms with Crippen LogP contribution in [0.15, 0.2) is 147 Å². The Kier molecular flexibility index (Phi) is 5.44. The topological polar surface area (TPSA) is 91.0 Å². The van der Waals surface area contributed by atoms with Gasteiger partial charge in [0.2, 0.25) is 5.89 Å². The van der Waals surface area contributed by atoms with Crippen LogP contribution < -0.4 is 0 Å². The number of hydrogen-bond donors (Lipinski definition) is 0. The molecule has 10 aromatic rings. The van der Waals surface area contributed by atoms with E-state index in [2.05, 4.69) is 12.1 Å². The third kappa shape index (κ3) is 4.14. The lowest BCUT2D eigenvalue weighted by molar-refractivity contribution is 0.617. The SMILES string of the molecule is c1ccc(-c2nc(-c3ccccc3)nc(-c3cccc4oc5cc6oc(-c7ccc8oc9ccccc9c8c7)nc6cc5c34)n2)cc1. The van der Waals surface area contributed by atoms with E-state index in [0.717, 1.165) is 66.1 Å². The highest BCUT2D eigenvalue weighted by molar-refractivity contribution is 6.14. The molecule has 0 bridgehead atoms. The molecule has 0 aliphatic heterocycles. The fourth-order valence-corrected chi connectivity index (χ4v) is 6.35. The van der Waals surface area contributed by atoms with Crippen LogP contribution in [0.5, 0.6) is 0 Å². The fourth-order valence-electron chi connectivity index (χ4n) is 6.35. The van der Waals surface area contributed by atoms with E-state index >= 15 is 0 Å². The van der Waals surface area contributed by atoms with E-state index in [9.17, 15) is 0 Å². The molecular weight excluding hydrogens is 584 g/mol. The molecule has 10 rings (SSSR count). The minimum Gasteiger partial charge on any atom is -0.456 e. The van der Waals surface area contributed by atoms with Crippen molar-refractivity contribution in [3.63, 3.8) is 0 Å². The highest BCUT2D eigenvalue weighted by Crippen LogP contribution is 2.39. The molecule has 0 aliphatic carbocycles. The van der Waals surface area contributed by atoms with Crippen LogP contribution in [0.4, 0.5) is 0 Å². The largest absolute Gasteiger partial charge is 0.456 e. The Morgan fingerprint density at radius 1 is 0.362 bits per heavy atom. The van der Waals surface area contributed by atoms with Gasteiger partial charge in [-0.05, 0) is 36.4 Å². The number of para-hydroxylation sites is 1. The zero-order chi connectivity index (χ0) is 30.9. The van der Waals surface area contributed by atoms with Gasteiger partial charge in [-0.25, -0.2) is 19.9 Å².